The van der Waals surface area contributed by atoms with Crippen molar-refractivity contribution in [3.05, 3.63) is 39.7 Å². The Morgan fingerprint density at radius 2 is 2.29 bits per heavy atom. The lowest BCUT2D eigenvalue weighted by atomic mass is 9.98. The molecular formula is C17H22N2S2. The molecule has 1 aliphatic rings. The van der Waals surface area contributed by atoms with Crippen LogP contribution in [0.15, 0.2) is 23.6 Å². The van der Waals surface area contributed by atoms with Crippen molar-refractivity contribution in [2.24, 2.45) is 0 Å². The Hall–Kier alpha value is -0.840. The minimum atomic E-state index is 0.716. The van der Waals surface area contributed by atoms with E-state index in [0.717, 1.165) is 31.0 Å². The van der Waals surface area contributed by atoms with Crippen LogP contribution in [0.1, 0.15) is 36.4 Å². The van der Waals surface area contributed by atoms with E-state index in [4.69, 9.17) is 4.98 Å². The highest BCUT2D eigenvalue weighted by atomic mass is 32.2. The van der Waals surface area contributed by atoms with Crippen LogP contribution in [-0.2, 0) is 18.7 Å². The van der Waals surface area contributed by atoms with Crippen molar-refractivity contribution in [1.82, 2.24) is 10.3 Å². The molecule has 1 aliphatic heterocycles. The molecule has 0 aliphatic carbocycles. The van der Waals surface area contributed by atoms with Gasteiger partial charge in [0, 0.05) is 28.5 Å². The van der Waals surface area contributed by atoms with Crippen molar-refractivity contribution in [3.8, 4) is 11.3 Å². The van der Waals surface area contributed by atoms with Gasteiger partial charge in [-0.15, -0.1) is 11.3 Å². The Labute approximate surface area is 135 Å². The Kier molecular flexibility index (Phi) is 4.99. The summed E-state index contributed by atoms with van der Waals surface area (Å²) in [6.07, 6.45) is 2.35. The molecule has 0 saturated heterocycles. The molecule has 0 radical (unpaired) electrons. The number of thiazole rings is 1. The summed E-state index contributed by atoms with van der Waals surface area (Å²) < 4.78 is 0. The fourth-order valence-electron chi connectivity index (χ4n) is 2.48. The molecule has 1 N–H and O–H groups in total. The highest BCUT2D eigenvalue weighted by Gasteiger charge is 2.11. The van der Waals surface area contributed by atoms with E-state index in [1.807, 2.05) is 11.8 Å². The van der Waals surface area contributed by atoms with E-state index < -0.39 is 0 Å². The molecule has 0 spiro atoms. The van der Waals surface area contributed by atoms with Gasteiger partial charge in [0.2, 0.25) is 0 Å². The summed E-state index contributed by atoms with van der Waals surface area (Å²) in [5, 5.41) is 7.59. The van der Waals surface area contributed by atoms with Crippen LogP contribution in [0.3, 0.4) is 0 Å². The van der Waals surface area contributed by atoms with Crippen molar-refractivity contribution in [2.75, 3.05) is 6.54 Å². The fraction of sp³-hybridized carbons (Fsp3) is 0.471. The third-order valence-electron chi connectivity index (χ3n) is 4.01. The number of thioether (sulfide) groups is 1. The van der Waals surface area contributed by atoms with Crippen LogP contribution >= 0.6 is 23.1 Å². The van der Waals surface area contributed by atoms with Crippen molar-refractivity contribution in [3.63, 3.8) is 0 Å². The van der Waals surface area contributed by atoms with E-state index in [2.05, 4.69) is 42.7 Å². The topological polar surface area (TPSA) is 24.9 Å². The number of fused-ring (bicyclic) bond motifs is 1. The quantitative estimate of drug-likeness (QED) is 0.879. The molecule has 2 nitrogen and oxygen atoms in total. The second-order valence-electron chi connectivity index (χ2n) is 5.57. The van der Waals surface area contributed by atoms with Gasteiger partial charge in [0.1, 0.15) is 5.01 Å². The smallest absolute Gasteiger partial charge is 0.103 e. The predicted octanol–water partition coefficient (Wildman–Crippen LogP) is 4.49. The predicted molar refractivity (Wildman–Crippen MR) is 94.0 cm³/mol. The summed E-state index contributed by atoms with van der Waals surface area (Å²) in [5.74, 6) is 1.04. The number of hydrogen-bond donors (Lipinski definition) is 1. The molecule has 4 heteroatoms. The Morgan fingerprint density at radius 3 is 3.14 bits per heavy atom. The standard InChI is InChI=1S/C17H22N2S2/c1-3-12(2)20-11-17-19-16(10-21-17)14-4-5-15-9-18-7-6-13(15)8-14/h4-5,8,10,12,18H,3,6-7,9,11H2,1-2H3. The zero-order chi connectivity index (χ0) is 14.7. The highest BCUT2D eigenvalue weighted by Crippen LogP contribution is 2.28. The normalized spacial score (nSPS) is 15.7. The molecule has 2 heterocycles. The van der Waals surface area contributed by atoms with Crippen molar-refractivity contribution in [1.29, 1.82) is 0 Å². The number of rotatable bonds is 5. The summed E-state index contributed by atoms with van der Waals surface area (Å²) >= 11 is 3.79. The van der Waals surface area contributed by atoms with Gasteiger partial charge in [0.15, 0.2) is 0 Å². The lowest BCUT2D eigenvalue weighted by Gasteiger charge is -2.17. The van der Waals surface area contributed by atoms with Crippen LogP contribution in [0.4, 0.5) is 0 Å². The third kappa shape index (κ3) is 3.68. The average molecular weight is 319 g/mol. The summed E-state index contributed by atoms with van der Waals surface area (Å²) in [6.45, 7) is 6.62. The number of nitrogens with zero attached hydrogens (tertiary/aromatic N) is 1. The van der Waals surface area contributed by atoms with Crippen LogP contribution < -0.4 is 5.32 Å². The minimum Gasteiger partial charge on any atom is -0.312 e. The van der Waals surface area contributed by atoms with Gasteiger partial charge in [-0.1, -0.05) is 26.0 Å². The van der Waals surface area contributed by atoms with Crippen molar-refractivity contribution in [2.45, 2.75) is 44.2 Å². The Morgan fingerprint density at radius 1 is 1.38 bits per heavy atom. The monoisotopic (exact) mass is 318 g/mol. The third-order valence-corrected chi connectivity index (χ3v) is 6.38. The van der Waals surface area contributed by atoms with Crippen LogP contribution in [-0.4, -0.2) is 16.8 Å². The first-order valence-electron chi connectivity index (χ1n) is 7.65. The summed E-state index contributed by atoms with van der Waals surface area (Å²) in [6, 6.07) is 6.80. The molecule has 0 saturated carbocycles. The first-order chi connectivity index (χ1) is 10.3. The molecule has 1 atom stereocenters. The van der Waals surface area contributed by atoms with E-state index in [1.165, 1.54) is 28.1 Å². The average Bonchev–Trinajstić information content (AvgIpc) is 3.01. The first-order valence-corrected chi connectivity index (χ1v) is 9.58. The van der Waals surface area contributed by atoms with Crippen molar-refractivity contribution >= 4 is 23.1 Å². The lowest BCUT2D eigenvalue weighted by Crippen LogP contribution is -2.23. The van der Waals surface area contributed by atoms with Gasteiger partial charge in [-0.2, -0.15) is 11.8 Å². The maximum atomic E-state index is 4.82. The van der Waals surface area contributed by atoms with E-state index in [-0.39, 0.29) is 0 Å². The van der Waals surface area contributed by atoms with Crippen LogP contribution in [0.25, 0.3) is 11.3 Å². The molecule has 1 aromatic heterocycles. The van der Waals surface area contributed by atoms with Crippen LogP contribution in [0.5, 0.6) is 0 Å². The maximum absolute atomic E-state index is 4.82. The zero-order valence-corrected chi connectivity index (χ0v) is 14.3. The van der Waals surface area contributed by atoms with Crippen LogP contribution in [0.2, 0.25) is 0 Å². The minimum absolute atomic E-state index is 0.716. The van der Waals surface area contributed by atoms with Gasteiger partial charge < -0.3 is 5.32 Å². The Bertz CT molecular complexity index is 607. The van der Waals surface area contributed by atoms with Crippen molar-refractivity contribution < 1.29 is 0 Å². The van der Waals surface area contributed by atoms with Gasteiger partial charge in [0.05, 0.1) is 5.69 Å². The summed E-state index contributed by atoms with van der Waals surface area (Å²) in [5.41, 5.74) is 5.33. The molecule has 1 aromatic carbocycles. The van der Waals surface area contributed by atoms with Gasteiger partial charge in [-0.05, 0) is 36.6 Å². The largest absolute Gasteiger partial charge is 0.312 e. The molecule has 2 aromatic rings. The Balaban J connectivity index is 1.73. The number of hydrogen-bond acceptors (Lipinski definition) is 4. The van der Waals surface area contributed by atoms with Gasteiger partial charge in [-0.3, -0.25) is 0 Å². The van der Waals surface area contributed by atoms with E-state index in [9.17, 15) is 0 Å². The number of aromatic nitrogens is 1. The molecule has 0 fully saturated rings. The molecule has 3 rings (SSSR count). The SMILES string of the molecule is CCC(C)SCc1nc(-c2ccc3c(c2)CCNC3)cs1. The maximum Gasteiger partial charge on any atom is 0.103 e. The lowest BCUT2D eigenvalue weighted by molar-refractivity contribution is 0.644. The van der Waals surface area contributed by atoms with E-state index in [1.54, 1.807) is 11.3 Å². The summed E-state index contributed by atoms with van der Waals surface area (Å²) in [4.78, 5) is 4.82. The number of nitrogens with one attached hydrogen (secondary N) is 1. The molecule has 1 unspecified atom stereocenters. The zero-order valence-electron chi connectivity index (χ0n) is 12.7. The highest BCUT2D eigenvalue weighted by molar-refractivity contribution is 7.99. The molecule has 0 bridgehead atoms. The van der Waals surface area contributed by atoms with E-state index in [0.29, 0.717) is 5.25 Å². The van der Waals surface area contributed by atoms with Crippen LogP contribution in [0, 0.1) is 0 Å². The second-order valence-corrected chi connectivity index (χ2v) is 7.94. The second kappa shape index (κ2) is 6.95. The molecular weight excluding hydrogens is 296 g/mol. The molecule has 21 heavy (non-hydrogen) atoms. The number of benzene rings is 1. The van der Waals surface area contributed by atoms with E-state index >= 15 is 0 Å². The van der Waals surface area contributed by atoms with Gasteiger partial charge >= 0.3 is 0 Å². The van der Waals surface area contributed by atoms with Gasteiger partial charge in [-0.25, -0.2) is 4.98 Å². The first kappa shape index (κ1) is 15.1. The molecule has 112 valence electrons. The van der Waals surface area contributed by atoms with Gasteiger partial charge in [0.25, 0.3) is 0 Å². The fourth-order valence-corrected chi connectivity index (χ4v) is 4.27. The summed E-state index contributed by atoms with van der Waals surface area (Å²) in [7, 11) is 0. The molecule has 0 amide bonds.